The molecular weight excluding hydrogens is 318 g/mol. The number of methoxy groups -OCH3 is 1. The first-order valence-electron chi connectivity index (χ1n) is 5.36. The molecule has 0 fully saturated rings. The van der Waals surface area contributed by atoms with Crippen molar-refractivity contribution in [1.82, 2.24) is 0 Å². The number of ether oxygens (including phenoxy) is 1. The van der Waals surface area contributed by atoms with E-state index in [1.54, 1.807) is 12.1 Å². The summed E-state index contributed by atoms with van der Waals surface area (Å²) in [6.07, 6.45) is 0. The van der Waals surface area contributed by atoms with Crippen LogP contribution < -0.4 is 15.8 Å². The van der Waals surface area contributed by atoms with Gasteiger partial charge in [-0.05, 0) is 34.1 Å². The van der Waals surface area contributed by atoms with Crippen molar-refractivity contribution in [3.63, 3.8) is 0 Å². The normalized spacial score (nSPS) is 10.3. The van der Waals surface area contributed by atoms with Gasteiger partial charge in [0.05, 0.1) is 23.0 Å². The fraction of sp³-hybridized carbons (Fsp3) is 0.0769. The quantitative estimate of drug-likeness (QED) is 0.835. The molecule has 2 rings (SSSR count). The smallest absolute Gasteiger partial charge is 0.167 e. The van der Waals surface area contributed by atoms with Gasteiger partial charge >= 0.3 is 0 Å². The van der Waals surface area contributed by atoms with Crippen LogP contribution in [-0.2, 0) is 0 Å². The third kappa shape index (κ3) is 2.96. The number of hydrogen-bond donors (Lipinski definition) is 2. The first-order chi connectivity index (χ1) is 9.01. The van der Waals surface area contributed by atoms with Gasteiger partial charge in [-0.3, -0.25) is 0 Å². The molecule has 0 saturated heterocycles. The average Bonchev–Trinajstić information content (AvgIpc) is 2.37. The first-order valence-corrected chi connectivity index (χ1v) is 6.15. The van der Waals surface area contributed by atoms with E-state index in [-0.39, 0.29) is 11.4 Å². The zero-order valence-corrected chi connectivity index (χ0v) is 11.6. The number of nitrogen functional groups attached to an aromatic ring is 1. The van der Waals surface area contributed by atoms with Crippen LogP contribution >= 0.6 is 15.9 Å². The van der Waals surface area contributed by atoms with Gasteiger partial charge < -0.3 is 15.8 Å². The highest BCUT2D eigenvalue weighted by Crippen LogP contribution is 2.31. The molecule has 3 N–H and O–H groups in total. The summed E-state index contributed by atoms with van der Waals surface area (Å²) in [5.41, 5.74) is 6.85. The van der Waals surface area contributed by atoms with Crippen LogP contribution in [-0.4, -0.2) is 7.11 Å². The third-order valence-electron chi connectivity index (χ3n) is 2.52. The van der Waals surface area contributed by atoms with Gasteiger partial charge in [-0.2, -0.15) is 0 Å². The van der Waals surface area contributed by atoms with Gasteiger partial charge in [0.1, 0.15) is 5.82 Å². The fourth-order valence-corrected chi connectivity index (χ4v) is 1.81. The van der Waals surface area contributed by atoms with E-state index in [0.717, 1.165) is 6.07 Å². The molecule has 0 aromatic heterocycles. The molecule has 2 aromatic carbocycles. The Morgan fingerprint density at radius 2 is 1.89 bits per heavy atom. The van der Waals surface area contributed by atoms with Gasteiger partial charge in [-0.1, -0.05) is 0 Å². The molecule has 0 radical (unpaired) electrons. The Kier molecular flexibility index (Phi) is 3.90. The van der Waals surface area contributed by atoms with Gasteiger partial charge in [0.25, 0.3) is 0 Å². The van der Waals surface area contributed by atoms with Gasteiger partial charge in [0.15, 0.2) is 11.6 Å². The zero-order valence-electron chi connectivity index (χ0n) is 10.0. The average molecular weight is 329 g/mol. The number of rotatable bonds is 3. The molecule has 0 unspecified atom stereocenters. The molecule has 6 heteroatoms. The fourth-order valence-electron chi connectivity index (χ4n) is 1.56. The van der Waals surface area contributed by atoms with Crippen LogP contribution in [0.4, 0.5) is 25.8 Å². The summed E-state index contributed by atoms with van der Waals surface area (Å²) in [7, 11) is 1.36. The SMILES string of the molecule is COc1cc(Nc2ccc(Br)c(F)c2)c(N)cc1F. The van der Waals surface area contributed by atoms with Crippen molar-refractivity contribution in [3.05, 3.63) is 46.4 Å². The van der Waals surface area contributed by atoms with Gasteiger partial charge in [-0.25, -0.2) is 8.78 Å². The standard InChI is InChI=1S/C13H11BrF2N2O/c1-19-13-6-12(11(17)5-10(13)16)18-7-2-3-8(14)9(15)4-7/h2-6,18H,17H2,1H3. The Balaban J connectivity index is 2.34. The van der Waals surface area contributed by atoms with Crippen LogP contribution in [0.15, 0.2) is 34.8 Å². The third-order valence-corrected chi connectivity index (χ3v) is 3.17. The summed E-state index contributed by atoms with van der Waals surface area (Å²) in [5, 5.41) is 2.91. The minimum absolute atomic E-state index is 0.0642. The number of nitrogens with one attached hydrogen (secondary N) is 1. The topological polar surface area (TPSA) is 47.3 Å². The first kappa shape index (κ1) is 13.6. The predicted octanol–water partition coefficient (Wildman–Crippen LogP) is 4.06. The second-order valence-corrected chi connectivity index (χ2v) is 4.68. The number of anilines is 3. The maximum absolute atomic E-state index is 13.4. The summed E-state index contributed by atoms with van der Waals surface area (Å²) >= 11 is 3.06. The molecule has 0 spiro atoms. The van der Waals surface area contributed by atoms with Crippen LogP contribution in [0, 0.1) is 11.6 Å². The summed E-state index contributed by atoms with van der Waals surface area (Å²) in [6, 6.07) is 7.11. The molecule has 19 heavy (non-hydrogen) atoms. The highest BCUT2D eigenvalue weighted by atomic mass is 79.9. The van der Waals surface area contributed by atoms with Crippen molar-refractivity contribution >= 4 is 33.0 Å². The molecule has 0 bridgehead atoms. The molecule has 0 saturated carbocycles. The van der Waals surface area contributed by atoms with Crippen molar-refractivity contribution in [3.8, 4) is 5.75 Å². The van der Waals surface area contributed by atoms with Gasteiger partial charge in [0.2, 0.25) is 0 Å². The highest BCUT2D eigenvalue weighted by molar-refractivity contribution is 9.10. The van der Waals surface area contributed by atoms with Crippen molar-refractivity contribution in [1.29, 1.82) is 0 Å². The van der Waals surface area contributed by atoms with Crippen LogP contribution in [0.3, 0.4) is 0 Å². The van der Waals surface area contributed by atoms with Crippen LogP contribution in [0.2, 0.25) is 0 Å². The zero-order chi connectivity index (χ0) is 14.0. The maximum atomic E-state index is 13.4. The van der Waals surface area contributed by atoms with Gasteiger partial charge in [0, 0.05) is 17.8 Å². The predicted molar refractivity (Wildman–Crippen MR) is 74.7 cm³/mol. The Morgan fingerprint density at radius 1 is 1.16 bits per heavy atom. The lowest BCUT2D eigenvalue weighted by molar-refractivity contribution is 0.387. The number of hydrogen-bond acceptors (Lipinski definition) is 3. The molecular formula is C13H11BrF2N2O. The molecule has 2 aromatic rings. The lowest BCUT2D eigenvalue weighted by Gasteiger charge is -2.12. The molecule has 0 heterocycles. The second-order valence-electron chi connectivity index (χ2n) is 3.83. The van der Waals surface area contributed by atoms with Crippen molar-refractivity contribution in [2.75, 3.05) is 18.2 Å². The van der Waals surface area contributed by atoms with E-state index in [1.165, 1.54) is 19.2 Å². The van der Waals surface area contributed by atoms with Crippen molar-refractivity contribution in [2.24, 2.45) is 0 Å². The lowest BCUT2D eigenvalue weighted by Crippen LogP contribution is -1.99. The number of halogens is 3. The van der Waals surface area contributed by atoms with E-state index in [4.69, 9.17) is 10.5 Å². The molecule has 0 aliphatic carbocycles. The lowest BCUT2D eigenvalue weighted by atomic mass is 10.2. The molecule has 0 aliphatic rings. The van der Waals surface area contributed by atoms with Crippen LogP contribution in [0.25, 0.3) is 0 Å². The van der Waals surface area contributed by atoms with E-state index in [2.05, 4.69) is 21.2 Å². The summed E-state index contributed by atoms with van der Waals surface area (Å²) in [4.78, 5) is 0. The molecule has 0 atom stereocenters. The van der Waals surface area contributed by atoms with E-state index in [1.807, 2.05) is 0 Å². The van der Waals surface area contributed by atoms with E-state index < -0.39 is 11.6 Å². The largest absolute Gasteiger partial charge is 0.494 e. The Hall–Kier alpha value is -1.82. The summed E-state index contributed by atoms with van der Waals surface area (Å²) in [6.45, 7) is 0. The monoisotopic (exact) mass is 328 g/mol. The van der Waals surface area contributed by atoms with Gasteiger partial charge in [-0.15, -0.1) is 0 Å². The molecule has 100 valence electrons. The second kappa shape index (κ2) is 5.44. The molecule has 3 nitrogen and oxygen atoms in total. The number of nitrogens with two attached hydrogens (primary N) is 1. The van der Waals surface area contributed by atoms with Crippen molar-refractivity contribution < 1.29 is 13.5 Å². The van der Waals surface area contributed by atoms with Crippen molar-refractivity contribution in [2.45, 2.75) is 0 Å². The molecule has 0 amide bonds. The molecule has 0 aliphatic heterocycles. The Morgan fingerprint density at radius 3 is 2.53 bits per heavy atom. The maximum Gasteiger partial charge on any atom is 0.167 e. The van der Waals surface area contributed by atoms with E-state index in [0.29, 0.717) is 15.8 Å². The van der Waals surface area contributed by atoms with E-state index >= 15 is 0 Å². The van der Waals surface area contributed by atoms with Crippen LogP contribution in [0.1, 0.15) is 0 Å². The Labute approximate surface area is 117 Å². The minimum atomic E-state index is -0.549. The Bertz CT molecular complexity index is 620. The highest BCUT2D eigenvalue weighted by Gasteiger charge is 2.09. The summed E-state index contributed by atoms with van der Waals surface area (Å²) in [5.74, 6) is -0.889. The van der Waals surface area contributed by atoms with Crippen LogP contribution in [0.5, 0.6) is 5.75 Å². The minimum Gasteiger partial charge on any atom is -0.494 e. The van der Waals surface area contributed by atoms with E-state index in [9.17, 15) is 8.78 Å². The summed E-state index contributed by atoms with van der Waals surface area (Å²) < 4.78 is 32.0. The number of benzene rings is 2.